The minimum atomic E-state index is -0.445. The highest BCUT2D eigenvalue weighted by atomic mass is 16.6. The van der Waals surface area contributed by atoms with Crippen molar-refractivity contribution in [2.45, 2.75) is 12.8 Å². The molecule has 0 saturated carbocycles. The fraction of sp³-hybridized carbons (Fsp3) is 0.368. The van der Waals surface area contributed by atoms with Crippen LogP contribution in [0.3, 0.4) is 0 Å². The van der Waals surface area contributed by atoms with Gasteiger partial charge in [0.2, 0.25) is 5.91 Å². The molecule has 0 radical (unpaired) electrons. The van der Waals surface area contributed by atoms with Crippen molar-refractivity contribution in [3.8, 4) is 0 Å². The number of para-hydroxylation sites is 2. The lowest BCUT2D eigenvalue weighted by molar-refractivity contribution is -0.384. The number of likely N-dealkylation sites (tertiary alicyclic amines) is 1. The van der Waals surface area contributed by atoms with Crippen molar-refractivity contribution in [3.63, 3.8) is 0 Å². The molecule has 1 aliphatic rings. The number of nitrogens with zero attached hydrogens (tertiary/aromatic N) is 2. The van der Waals surface area contributed by atoms with Gasteiger partial charge in [0.05, 0.1) is 16.7 Å². The van der Waals surface area contributed by atoms with E-state index in [4.69, 9.17) is 4.42 Å². The first-order valence-electron chi connectivity index (χ1n) is 9.12. The Hall–Kier alpha value is -3.36. The van der Waals surface area contributed by atoms with Crippen molar-refractivity contribution in [2.24, 2.45) is 5.92 Å². The number of amides is 2. The number of hydrogen-bond donors (Lipinski definition) is 2. The summed E-state index contributed by atoms with van der Waals surface area (Å²) < 4.78 is 4.94. The van der Waals surface area contributed by atoms with Crippen LogP contribution >= 0.6 is 0 Å². The lowest BCUT2D eigenvalue weighted by Gasteiger charge is -2.31. The normalized spacial score (nSPS) is 14.5. The number of nitro groups is 1. The molecule has 1 aliphatic heterocycles. The van der Waals surface area contributed by atoms with Gasteiger partial charge in [0, 0.05) is 38.2 Å². The molecule has 28 heavy (non-hydrogen) atoms. The summed E-state index contributed by atoms with van der Waals surface area (Å²) in [7, 11) is 0. The van der Waals surface area contributed by atoms with Gasteiger partial charge >= 0.3 is 0 Å². The second-order valence-electron chi connectivity index (χ2n) is 6.57. The number of piperidine rings is 1. The molecule has 1 fully saturated rings. The molecule has 2 aromatic rings. The van der Waals surface area contributed by atoms with E-state index < -0.39 is 4.92 Å². The zero-order chi connectivity index (χ0) is 19.9. The van der Waals surface area contributed by atoms with Crippen molar-refractivity contribution < 1.29 is 18.9 Å². The summed E-state index contributed by atoms with van der Waals surface area (Å²) in [5.41, 5.74) is 0.945. The van der Waals surface area contributed by atoms with E-state index in [2.05, 4.69) is 10.6 Å². The zero-order valence-corrected chi connectivity index (χ0v) is 15.3. The van der Waals surface area contributed by atoms with Gasteiger partial charge < -0.3 is 20.0 Å². The van der Waals surface area contributed by atoms with Crippen molar-refractivity contribution >= 4 is 23.2 Å². The standard InChI is InChI=1S/C19H22N4O5/c24-18(21-9-8-20-16-3-1-2-4-17(16)23(26)27)14-5-10-22(11-6-14)19(25)15-7-12-28-13-15/h1-4,7,12-14,20H,5-6,8-11H2,(H,21,24). The summed E-state index contributed by atoms with van der Waals surface area (Å²) in [6, 6.07) is 8.01. The molecule has 9 heteroatoms. The number of nitrogens with one attached hydrogen (secondary N) is 2. The van der Waals surface area contributed by atoms with Crippen LogP contribution in [0.15, 0.2) is 47.3 Å². The number of furan rings is 1. The molecule has 0 bridgehead atoms. The summed E-state index contributed by atoms with van der Waals surface area (Å²) in [4.78, 5) is 36.9. The quantitative estimate of drug-likeness (QED) is 0.428. The number of benzene rings is 1. The Morgan fingerprint density at radius 2 is 1.93 bits per heavy atom. The third-order valence-electron chi connectivity index (χ3n) is 4.76. The molecule has 2 heterocycles. The molecule has 148 valence electrons. The maximum atomic E-state index is 12.3. The highest BCUT2D eigenvalue weighted by Gasteiger charge is 2.28. The highest BCUT2D eigenvalue weighted by Crippen LogP contribution is 2.23. The van der Waals surface area contributed by atoms with E-state index in [9.17, 15) is 19.7 Å². The molecule has 3 rings (SSSR count). The second kappa shape index (κ2) is 9.03. The first-order chi connectivity index (χ1) is 13.6. The molecule has 0 aliphatic carbocycles. The van der Waals surface area contributed by atoms with Crippen molar-refractivity contribution in [3.05, 3.63) is 58.5 Å². The van der Waals surface area contributed by atoms with E-state index in [1.165, 1.54) is 18.6 Å². The molecular formula is C19H22N4O5. The number of anilines is 1. The van der Waals surface area contributed by atoms with Gasteiger partial charge in [-0.25, -0.2) is 0 Å². The molecule has 1 aromatic carbocycles. The topological polar surface area (TPSA) is 118 Å². The minimum absolute atomic E-state index is 0.00323. The Bertz CT molecular complexity index is 829. The molecular weight excluding hydrogens is 364 g/mol. The SMILES string of the molecule is O=C(NCCNc1ccccc1[N+](=O)[O-])C1CCN(C(=O)c2ccoc2)CC1. The predicted molar refractivity (Wildman–Crippen MR) is 102 cm³/mol. The smallest absolute Gasteiger partial charge is 0.292 e. The van der Waals surface area contributed by atoms with E-state index in [-0.39, 0.29) is 23.4 Å². The van der Waals surface area contributed by atoms with Crippen LogP contribution in [0, 0.1) is 16.0 Å². The number of rotatable bonds is 7. The van der Waals surface area contributed by atoms with Crippen LogP contribution in [-0.2, 0) is 4.79 Å². The maximum absolute atomic E-state index is 12.3. The minimum Gasteiger partial charge on any atom is -0.472 e. The third-order valence-corrected chi connectivity index (χ3v) is 4.76. The van der Waals surface area contributed by atoms with Gasteiger partial charge in [0.25, 0.3) is 11.6 Å². The Labute approximate surface area is 161 Å². The summed E-state index contributed by atoms with van der Waals surface area (Å²) in [6.07, 6.45) is 4.09. The second-order valence-corrected chi connectivity index (χ2v) is 6.57. The molecule has 9 nitrogen and oxygen atoms in total. The number of carbonyl (C=O) groups excluding carboxylic acids is 2. The van der Waals surface area contributed by atoms with Gasteiger partial charge in [-0.1, -0.05) is 12.1 Å². The van der Waals surface area contributed by atoms with Crippen LogP contribution in [-0.4, -0.2) is 47.8 Å². The number of nitro benzene ring substituents is 1. The van der Waals surface area contributed by atoms with E-state index >= 15 is 0 Å². The van der Waals surface area contributed by atoms with Crippen molar-refractivity contribution in [2.75, 3.05) is 31.5 Å². The first-order valence-corrected chi connectivity index (χ1v) is 9.12. The molecule has 0 spiro atoms. The average Bonchev–Trinajstić information content (AvgIpc) is 3.25. The van der Waals surface area contributed by atoms with Crippen LogP contribution in [0.4, 0.5) is 11.4 Å². The Balaban J connectivity index is 1.39. The lowest BCUT2D eigenvalue weighted by atomic mass is 9.95. The van der Waals surface area contributed by atoms with Crippen LogP contribution in [0.25, 0.3) is 0 Å². The van der Waals surface area contributed by atoms with Crippen LogP contribution < -0.4 is 10.6 Å². The maximum Gasteiger partial charge on any atom is 0.292 e. The van der Waals surface area contributed by atoms with Crippen LogP contribution in [0.5, 0.6) is 0 Å². The molecule has 0 atom stereocenters. The molecule has 1 saturated heterocycles. The molecule has 2 N–H and O–H groups in total. The summed E-state index contributed by atoms with van der Waals surface area (Å²) in [5, 5.41) is 16.8. The van der Waals surface area contributed by atoms with Crippen LogP contribution in [0.1, 0.15) is 23.2 Å². The Morgan fingerprint density at radius 1 is 1.18 bits per heavy atom. The van der Waals surface area contributed by atoms with Crippen molar-refractivity contribution in [1.82, 2.24) is 10.2 Å². The van der Waals surface area contributed by atoms with Gasteiger partial charge in [0.1, 0.15) is 12.0 Å². The Morgan fingerprint density at radius 3 is 2.61 bits per heavy atom. The molecule has 1 aromatic heterocycles. The molecule has 0 unspecified atom stereocenters. The van der Waals surface area contributed by atoms with Crippen molar-refractivity contribution in [1.29, 1.82) is 0 Å². The van der Waals surface area contributed by atoms with E-state index in [1.54, 1.807) is 29.2 Å². The van der Waals surface area contributed by atoms with Gasteiger partial charge in [0.15, 0.2) is 0 Å². The summed E-state index contributed by atoms with van der Waals surface area (Å²) in [5.74, 6) is -0.277. The lowest BCUT2D eigenvalue weighted by Crippen LogP contribution is -2.43. The van der Waals surface area contributed by atoms with Gasteiger partial charge in [-0.3, -0.25) is 19.7 Å². The van der Waals surface area contributed by atoms with Gasteiger partial charge in [-0.15, -0.1) is 0 Å². The van der Waals surface area contributed by atoms with Gasteiger partial charge in [-0.2, -0.15) is 0 Å². The summed E-state index contributed by atoms with van der Waals surface area (Å²) in [6.45, 7) is 1.79. The largest absolute Gasteiger partial charge is 0.472 e. The number of carbonyl (C=O) groups is 2. The zero-order valence-electron chi connectivity index (χ0n) is 15.3. The fourth-order valence-corrected chi connectivity index (χ4v) is 3.22. The third kappa shape index (κ3) is 4.67. The van der Waals surface area contributed by atoms with E-state index in [0.29, 0.717) is 50.3 Å². The number of hydrogen-bond acceptors (Lipinski definition) is 6. The molecule has 2 amide bonds. The predicted octanol–water partition coefficient (Wildman–Crippen LogP) is 2.27. The Kier molecular flexibility index (Phi) is 6.25. The van der Waals surface area contributed by atoms with Crippen LogP contribution in [0.2, 0.25) is 0 Å². The fourth-order valence-electron chi connectivity index (χ4n) is 3.22. The average molecular weight is 386 g/mol. The van der Waals surface area contributed by atoms with E-state index in [1.807, 2.05) is 0 Å². The highest BCUT2D eigenvalue weighted by molar-refractivity contribution is 5.94. The van der Waals surface area contributed by atoms with Gasteiger partial charge in [-0.05, 0) is 25.0 Å². The monoisotopic (exact) mass is 386 g/mol. The summed E-state index contributed by atoms with van der Waals surface area (Å²) >= 11 is 0. The first kappa shape index (κ1) is 19.4. The van der Waals surface area contributed by atoms with E-state index in [0.717, 1.165) is 0 Å².